The molecule has 0 aliphatic carbocycles. The molecule has 6 heteroatoms. The van der Waals surface area contributed by atoms with Crippen molar-refractivity contribution in [2.45, 2.75) is 12.8 Å². The van der Waals surface area contributed by atoms with Crippen LogP contribution in [0.4, 0.5) is 4.79 Å². The molecule has 30 heavy (non-hydrogen) atoms. The fourth-order valence-corrected chi connectivity index (χ4v) is 3.66. The zero-order valence-corrected chi connectivity index (χ0v) is 16.0. The van der Waals surface area contributed by atoms with Crippen molar-refractivity contribution in [1.82, 2.24) is 4.98 Å². The second-order valence-electron chi connectivity index (χ2n) is 6.87. The number of nitrogens with one attached hydrogen (secondary N) is 1. The van der Waals surface area contributed by atoms with Gasteiger partial charge in [0.05, 0.1) is 0 Å². The molecule has 1 heterocycles. The highest BCUT2D eigenvalue weighted by Crippen LogP contribution is 2.40. The highest BCUT2D eigenvalue weighted by atomic mass is 16.7. The number of aromatic amines is 1. The molecule has 0 fully saturated rings. The van der Waals surface area contributed by atoms with Gasteiger partial charge in [0.2, 0.25) is 5.88 Å². The first kappa shape index (κ1) is 19.3. The molecule has 3 N–H and O–H groups in total. The molecule has 3 aromatic carbocycles. The molecule has 0 atom stereocenters. The summed E-state index contributed by atoms with van der Waals surface area (Å²) in [4.78, 5) is 25.5. The number of carboxylic acid groups (broad SMARTS) is 2. The molecule has 1 aromatic heterocycles. The largest absolute Gasteiger partial charge is 0.512 e. The third-order valence-electron chi connectivity index (χ3n) is 4.93. The molecule has 0 aliphatic rings. The van der Waals surface area contributed by atoms with Gasteiger partial charge in [-0.3, -0.25) is 4.79 Å². The number of aliphatic carboxylic acids is 1. The maximum absolute atomic E-state index is 11.2. The Morgan fingerprint density at radius 2 is 1.47 bits per heavy atom. The van der Waals surface area contributed by atoms with Gasteiger partial charge in [-0.15, -0.1) is 0 Å². The van der Waals surface area contributed by atoms with Crippen LogP contribution < -0.4 is 4.74 Å². The van der Waals surface area contributed by atoms with E-state index >= 15 is 0 Å². The van der Waals surface area contributed by atoms with Crippen LogP contribution in [0, 0.1) is 0 Å². The van der Waals surface area contributed by atoms with Crippen LogP contribution in [0.2, 0.25) is 0 Å². The second-order valence-corrected chi connectivity index (χ2v) is 6.87. The first-order valence-electron chi connectivity index (χ1n) is 9.45. The van der Waals surface area contributed by atoms with Crippen molar-refractivity contribution in [3.63, 3.8) is 0 Å². The molecular weight excluding hydrogens is 382 g/mol. The Kier molecular flexibility index (Phi) is 5.22. The topological polar surface area (TPSA) is 99.6 Å². The Morgan fingerprint density at radius 3 is 2.07 bits per heavy atom. The van der Waals surface area contributed by atoms with E-state index in [4.69, 9.17) is 14.9 Å². The van der Waals surface area contributed by atoms with Crippen molar-refractivity contribution in [3.8, 4) is 28.1 Å². The predicted molar refractivity (Wildman–Crippen MR) is 114 cm³/mol. The Labute approximate surface area is 172 Å². The highest BCUT2D eigenvalue weighted by molar-refractivity contribution is 6.02. The van der Waals surface area contributed by atoms with Gasteiger partial charge in [-0.05, 0) is 40.8 Å². The van der Waals surface area contributed by atoms with E-state index < -0.39 is 12.1 Å². The third-order valence-corrected chi connectivity index (χ3v) is 4.93. The lowest BCUT2D eigenvalue weighted by Crippen LogP contribution is -2.06. The number of hydrogen-bond donors (Lipinski definition) is 3. The number of aryl methyl sites for hydroxylation is 1. The number of H-pyrrole nitrogens is 1. The van der Waals surface area contributed by atoms with Crippen molar-refractivity contribution < 1.29 is 24.5 Å². The van der Waals surface area contributed by atoms with Gasteiger partial charge < -0.3 is 19.9 Å². The van der Waals surface area contributed by atoms with E-state index in [0.29, 0.717) is 11.1 Å². The smallest absolute Gasteiger partial charge is 0.481 e. The predicted octanol–water partition coefficient (Wildman–Crippen LogP) is 5.58. The molecule has 0 radical (unpaired) electrons. The molecule has 4 aromatic rings. The summed E-state index contributed by atoms with van der Waals surface area (Å²) < 4.78 is 4.97. The summed E-state index contributed by atoms with van der Waals surface area (Å²) in [6.45, 7) is 0. The van der Waals surface area contributed by atoms with E-state index in [1.165, 1.54) is 0 Å². The van der Waals surface area contributed by atoms with Gasteiger partial charge in [0.1, 0.15) is 0 Å². The van der Waals surface area contributed by atoms with Gasteiger partial charge >= 0.3 is 12.1 Å². The molecule has 0 bridgehead atoms. The number of rotatable bonds is 6. The number of fused-ring (bicyclic) bond motifs is 1. The fourth-order valence-electron chi connectivity index (χ4n) is 3.66. The number of aromatic nitrogens is 1. The lowest BCUT2D eigenvalue weighted by atomic mass is 9.93. The summed E-state index contributed by atoms with van der Waals surface area (Å²) in [6, 6.07) is 23.5. The van der Waals surface area contributed by atoms with Crippen LogP contribution in [-0.2, 0) is 11.2 Å². The molecule has 0 unspecified atom stereocenters. The van der Waals surface area contributed by atoms with Crippen molar-refractivity contribution in [2.75, 3.05) is 0 Å². The molecule has 0 spiro atoms. The van der Waals surface area contributed by atoms with E-state index in [1.54, 1.807) is 0 Å². The van der Waals surface area contributed by atoms with Gasteiger partial charge in [-0.2, -0.15) is 0 Å². The maximum atomic E-state index is 11.2. The zero-order valence-electron chi connectivity index (χ0n) is 16.0. The summed E-state index contributed by atoms with van der Waals surface area (Å²) in [6.07, 6.45) is -1.46. The van der Waals surface area contributed by atoms with Crippen LogP contribution in [0.1, 0.15) is 12.0 Å². The standard InChI is InChI=1S/C24H19NO5/c26-21(27)12-11-18-22-19(16-9-5-2-6-10-16)13-17(15-7-3-1-4-8-15)14-20(22)25-23(18)30-24(28)29/h1-10,13-14,25H,11-12H2,(H,26,27)(H,28,29). The Bertz CT molecular complexity index is 1210. The zero-order chi connectivity index (χ0) is 21.1. The highest BCUT2D eigenvalue weighted by Gasteiger charge is 2.21. The normalized spacial score (nSPS) is 10.8. The fraction of sp³-hybridized carbons (Fsp3) is 0.0833. The summed E-state index contributed by atoms with van der Waals surface area (Å²) >= 11 is 0. The van der Waals surface area contributed by atoms with E-state index in [0.717, 1.165) is 27.6 Å². The van der Waals surface area contributed by atoms with Crippen molar-refractivity contribution in [3.05, 3.63) is 78.4 Å². The third kappa shape index (κ3) is 3.89. The average molecular weight is 401 g/mol. The van der Waals surface area contributed by atoms with Gasteiger partial charge in [0.25, 0.3) is 0 Å². The first-order valence-corrected chi connectivity index (χ1v) is 9.45. The minimum absolute atomic E-state index is 0.0566. The Morgan fingerprint density at radius 1 is 0.833 bits per heavy atom. The number of hydrogen-bond acceptors (Lipinski definition) is 3. The maximum Gasteiger partial charge on any atom is 0.512 e. The van der Waals surface area contributed by atoms with Crippen LogP contribution in [0.5, 0.6) is 5.88 Å². The molecule has 0 aliphatic heterocycles. The lowest BCUT2D eigenvalue weighted by Gasteiger charge is -2.10. The second kappa shape index (κ2) is 8.13. The number of ether oxygens (including phenoxy) is 1. The van der Waals surface area contributed by atoms with Crippen LogP contribution in [0.3, 0.4) is 0 Å². The molecule has 0 amide bonds. The van der Waals surface area contributed by atoms with Crippen LogP contribution in [0.15, 0.2) is 72.8 Å². The molecule has 0 saturated heterocycles. The van der Waals surface area contributed by atoms with E-state index in [2.05, 4.69) is 4.98 Å². The summed E-state index contributed by atoms with van der Waals surface area (Å²) in [5, 5.41) is 19.1. The number of carbonyl (C=O) groups is 2. The quantitative estimate of drug-likeness (QED) is 0.367. The minimum Gasteiger partial charge on any atom is -0.481 e. The van der Waals surface area contributed by atoms with Gasteiger partial charge in [0.15, 0.2) is 0 Å². The molecule has 6 nitrogen and oxygen atoms in total. The van der Waals surface area contributed by atoms with Crippen molar-refractivity contribution >= 4 is 23.0 Å². The summed E-state index contributed by atoms with van der Waals surface area (Å²) in [5.74, 6) is -0.908. The van der Waals surface area contributed by atoms with Gasteiger partial charge in [-0.25, -0.2) is 4.79 Å². The van der Waals surface area contributed by atoms with Gasteiger partial charge in [0, 0.05) is 22.9 Å². The first-order chi connectivity index (χ1) is 14.5. The molecule has 4 rings (SSSR count). The SMILES string of the molecule is O=C(O)CCc1c(OC(=O)O)[nH]c2cc(-c3ccccc3)cc(-c3ccccc3)c12. The monoisotopic (exact) mass is 401 g/mol. The van der Waals surface area contributed by atoms with Crippen molar-refractivity contribution in [1.29, 1.82) is 0 Å². The van der Waals surface area contributed by atoms with Crippen LogP contribution in [0.25, 0.3) is 33.2 Å². The van der Waals surface area contributed by atoms with Gasteiger partial charge in [-0.1, -0.05) is 60.7 Å². The van der Waals surface area contributed by atoms with Crippen LogP contribution >= 0.6 is 0 Å². The Balaban J connectivity index is 2.00. The van der Waals surface area contributed by atoms with Crippen LogP contribution in [-0.4, -0.2) is 27.3 Å². The summed E-state index contributed by atoms with van der Waals surface area (Å²) in [7, 11) is 0. The molecular formula is C24H19NO5. The number of carboxylic acids is 1. The molecule has 150 valence electrons. The van der Waals surface area contributed by atoms with Crippen molar-refractivity contribution in [2.24, 2.45) is 0 Å². The lowest BCUT2D eigenvalue weighted by molar-refractivity contribution is -0.136. The van der Waals surface area contributed by atoms with E-state index in [9.17, 15) is 9.59 Å². The van der Waals surface area contributed by atoms with E-state index in [-0.39, 0.29) is 18.7 Å². The minimum atomic E-state index is -1.46. The summed E-state index contributed by atoms with van der Waals surface area (Å²) in [5.41, 5.74) is 5.01. The number of benzene rings is 3. The average Bonchev–Trinajstić information content (AvgIpc) is 3.09. The Hall–Kier alpha value is -4.06. The molecule has 0 saturated carbocycles. The van der Waals surface area contributed by atoms with E-state index in [1.807, 2.05) is 72.8 Å².